The van der Waals surface area contributed by atoms with Gasteiger partial charge in [0, 0.05) is 16.6 Å². The van der Waals surface area contributed by atoms with Crippen LogP contribution < -0.4 is 5.32 Å². The molecule has 5 rings (SSSR count). The van der Waals surface area contributed by atoms with Crippen LogP contribution in [0.25, 0.3) is 21.9 Å². The molecule has 1 amide bonds. The van der Waals surface area contributed by atoms with Crippen molar-refractivity contribution >= 4 is 39.6 Å². The van der Waals surface area contributed by atoms with Crippen molar-refractivity contribution in [3.63, 3.8) is 0 Å². The van der Waals surface area contributed by atoms with Gasteiger partial charge in [-0.25, -0.2) is 4.98 Å². The first-order valence-electron chi connectivity index (χ1n) is 10.2. The van der Waals surface area contributed by atoms with Crippen LogP contribution in [0.1, 0.15) is 27.4 Å². The van der Waals surface area contributed by atoms with E-state index in [9.17, 15) is 22.8 Å². The monoisotopic (exact) mass is 466 g/mol. The highest BCUT2D eigenvalue weighted by Gasteiger charge is 2.31. The summed E-state index contributed by atoms with van der Waals surface area (Å²) in [5, 5.41) is 3.07. The number of alkyl halides is 3. The third-order valence-corrected chi connectivity index (χ3v) is 5.52. The van der Waals surface area contributed by atoms with Crippen LogP contribution in [0.4, 0.5) is 19.1 Å². The summed E-state index contributed by atoms with van der Waals surface area (Å²) in [6.07, 6.45) is -3.09. The highest BCUT2D eigenvalue weighted by molar-refractivity contribution is 6.48. The number of Topliss-reactive ketones (excluding diaryl/α,β-unsaturated/α-hetero) is 1. The molecule has 2 aromatic carbocycles. The Morgan fingerprint density at radius 1 is 1.12 bits per heavy atom. The van der Waals surface area contributed by atoms with Gasteiger partial charge < -0.3 is 14.0 Å². The number of nitrogens with one attached hydrogen (secondary N) is 2. The van der Waals surface area contributed by atoms with Crippen molar-refractivity contribution in [2.45, 2.75) is 19.6 Å². The number of carbonyl (C=O) groups is 2. The summed E-state index contributed by atoms with van der Waals surface area (Å²) in [7, 11) is 0. The van der Waals surface area contributed by atoms with Crippen LogP contribution in [0.2, 0.25) is 0 Å². The van der Waals surface area contributed by atoms with Gasteiger partial charge in [0.1, 0.15) is 5.76 Å². The van der Waals surface area contributed by atoms with Gasteiger partial charge in [-0.05, 0) is 43.3 Å². The number of amides is 1. The first kappa shape index (κ1) is 21.5. The predicted molar refractivity (Wildman–Crippen MR) is 119 cm³/mol. The van der Waals surface area contributed by atoms with Crippen LogP contribution in [0.3, 0.4) is 0 Å². The van der Waals surface area contributed by atoms with E-state index in [0.717, 1.165) is 12.1 Å². The van der Waals surface area contributed by atoms with Crippen molar-refractivity contribution in [3.05, 3.63) is 83.4 Å². The summed E-state index contributed by atoms with van der Waals surface area (Å²) in [6.45, 7) is 1.77. The van der Waals surface area contributed by atoms with E-state index in [-0.39, 0.29) is 23.6 Å². The zero-order valence-corrected chi connectivity index (χ0v) is 17.7. The largest absolute Gasteiger partial charge is 0.467 e. The Bertz CT molecular complexity index is 1550. The molecule has 0 bridgehead atoms. The maximum atomic E-state index is 13.2. The van der Waals surface area contributed by atoms with E-state index in [1.165, 1.54) is 16.9 Å². The fourth-order valence-electron chi connectivity index (χ4n) is 3.96. The molecule has 0 radical (unpaired) electrons. The fourth-order valence-corrected chi connectivity index (χ4v) is 3.96. The Balaban J connectivity index is 1.54. The van der Waals surface area contributed by atoms with E-state index in [1.54, 1.807) is 43.3 Å². The fraction of sp³-hybridized carbons (Fsp3) is 0.125. The van der Waals surface area contributed by atoms with Gasteiger partial charge in [-0.15, -0.1) is 0 Å². The highest BCUT2D eigenvalue weighted by atomic mass is 19.4. The molecule has 34 heavy (non-hydrogen) atoms. The van der Waals surface area contributed by atoms with Gasteiger partial charge in [-0.2, -0.15) is 13.2 Å². The molecule has 0 atom stereocenters. The quantitative estimate of drug-likeness (QED) is 0.271. The zero-order chi connectivity index (χ0) is 24.0. The molecule has 10 heteroatoms. The summed E-state index contributed by atoms with van der Waals surface area (Å²) < 4.78 is 46.4. The van der Waals surface area contributed by atoms with Crippen LogP contribution >= 0.6 is 0 Å². The first-order chi connectivity index (χ1) is 16.2. The van der Waals surface area contributed by atoms with Crippen molar-refractivity contribution < 1.29 is 27.2 Å². The Labute approximate surface area is 190 Å². The van der Waals surface area contributed by atoms with Gasteiger partial charge >= 0.3 is 6.18 Å². The Hall–Kier alpha value is -4.34. The molecular formula is C24H17F3N4O3. The van der Waals surface area contributed by atoms with Crippen LogP contribution in [0.5, 0.6) is 0 Å². The lowest BCUT2D eigenvalue weighted by Gasteiger charge is -2.09. The van der Waals surface area contributed by atoms with Gasteiger partial charge in [0.2, 0.25) is 5.95 Å². The SMILES string of the molecule is Cc1[nH]c2ccccc2c1C(=O)C(=O)Nc1nc2cc(C(F)(F)F)ccc2n1Cc1ccco1. The minimum Gasteiger partial charge on any atom is -0.467 e. The summed E-state index contributed by atoms with van der Waals surface area (Å²) in [6, 6.07) is 13.5. The number of fused-ring (bicyclic) bond motifs is 2. The van der Waals surface area contributed by atoms with E-state index < -0.39 is 23.4 Å². The average Bonchev–Trinajstić information content (AvgIpc) is 3.50. The molecule has 0 aliphatic heterocycles. The van der Waals surface area contributed by atoms with Gasteiger partial charge in [-0.1, -0.05) is 18.2 Å². The van der Waals surface area contributed by atoms with E-state index in [0.29, 0.717) is 27.9 Å². The Morgan fingerprint density at radius 2 is 1.91 bits per heavy atom. The first-order valence-corrected chi connectivity index (χ1v) is 10.2. The second-order valence-electron chi connectivity index (χ2n) is 7.76. The van der Waals surface area contributed by atoms with E-state index in [1.807, 2.05) is 0 Å². The van der Waals surface area contributed by atoms with Gasteiger partial charge in [-0.3, -0.25) is 14.9 Å². The Morgan fingerprint density at radius 3 is 2.65 bits per heavy atom. The summed E-state index contributed by atoms with van der Waals surface area (Å²) in [5.41, 5.74) is 0.955. The zero-order valence-electron chi connectivity index (χ0n) is 17.7. The minimum atomic E-state index is -4.55. The number of aryl methyl sites for hydroxylation is 1. The van der Waals surface area contributed by atoms with E-state index >= 15 is 0 Å². The molecular weight excluding hydrogens is 449 g/mol. The predicted octanol–water partition coefficient (Wildman–Crippen LogP) is 5.31. The number of halogens is 3. The molecule has 0 saturated heterocycles. The van der Waals surface area contributed by atoms with Gasteiger partial charge in [0.05, 0.1) is 35.0 Å². The lowest BCUT2D eigenvalue weighted by atomic mass is 10.1. The second-order valence-corrected chi connectivity index (χ2v) is 7.76. The molecule has 7 nitrogen and oxygen atoms in total. The molecule has 0 fully saturated rings. The number of rotatable bonds is 5. The number of para-hydroxylation sites is 1. The number of H-pyrrole nitrogens is 1. The highest BCUT2D eigenvalue weighted by Crippen LogP contribution is 2.32. The second kappa shape index (κ2) is 7.91. The standard InChI is InChI=1S/C24H17F3N4O3/c1-13-20(16-6-2-3-7-17(16)28-13)21(32)22(33)30-23-29-18-11-14(24(25,26)27)8-9-19(18)31(23)12-15-5-4-10-34-15/h2-11,28H,12H2,1H3,(H,29,30,33). The molecule has 5 aromatic rings. The molecule has 2 N–H and O–H groups in total. The molecule has 0 aliphatic rings. The van der Waals surface area contributed by atoms with Crippen molar-refractivity contribution in [1.82, 2.24) is 14.5 Å². The number of benzene rings is 2. The smallest absolute Gasteiger partial charge is 0.416 e. The van der Waals surface area contributed by atoms with Crippen LogP contribution in [-0.4, -0.2) is 26.2 Å². The summed E-state index contributed by atoms with van der Waals surface area (Å²) in [4.78, 5) is 33.2. The lowest BCUT2D eigenvalue weighted by Crippen LogP contribution is -2.25. The number of ketones is 1. The van der Waals surface area contributed by atoms with Crippen LogP contribution in [0, 0.1) is 6.92 Å². The molecule has 0 saturated carbocycles. The van der Waals surface area contributed by atoms with Crippen molar-refractivity contribution in [3.8, 4) is 0 Å². The number of hydrogen-bond donors (Lipinski definition) is 2. The topological polar surface area (TPSA) is 92.9 Å². The van der Waals surface area contributed by atoms with Crippen LogP contribution in [-0.2, 0) is 17.5 Å². The van der Waals surface area contributed by atoms with Crippen molar-refractivity contribution in [1.29, 1.82) is 0 Å². The molecule has 3 heterocycles. The third kappa shape index (κ3) is 3.72. The van der Waals surface area contributed by atoms with Crippen LogP contribution in [0.15, 0.2) is 65.3 Å². The number of hydrogen-bond acceptors (Lipinski definition) is 4. The van der Waals surface area contributed by atoms with E-state index in [2.05, 4.69) is 15.3 Å². The normalized spacial score (nSPS) is 11.9. The molecule has 0 spiro atoms. The molecule has 0 unspecified atom stereocenters. The maximum Gasteiger partial charge on any atom is 0.416 e. The minimum absolute atomic E-state index is 0.0207. The maximum absolute atomic E-state index is 13.2. The number of carbonyl (C=O) groups excluding carboxylic acids is 2. The van der Waals surface area contributed by atoms with Gasteiger partial charge in [0.25, 0.3) is 11.7 Å². The molecule has 172 valence electrons. The number of nitrogens with zero attached hydrogens (tertiary/aromatic N) is 2. The summed E-state index contributed by atoms with van der Waals surface area (Å²) in [5.74, 6) is -1.32. The third-order valence-electron chi connectivity index (χ3n) is 5.52. The molecule has 3 aromatic heterocycles. The summed E-state index contributed by atoms with van der Waals surface area (Å²) >= 11 is 0. The number of imidazole rings is 1. The molecule has 0 aliphatic carbocycles. The lowest BCUT2D eigenvalue weighted by molar-refractivity contribution is -0.137. The van der Waals surface area contributed by atoms with Gasteiger partial charge in [0.15, 0.2) is 0 Å². The average molecular weight is 466 g/mol. The van der Waals surface area contributed by atoms with Crippen molar-refractivity contribution in [2.75, 3.05) is 5.32 Å². The van der Waals surface area contributed by atoms with Crippen molar-refractivity contribution in [2.24, 2.45) is 0 Å². The number of aromatic nitrogens is 3. The number of anilines is 1. The number of aromatic amines is 1. The Kier molecular flexibility index (Phi) is 5.00. The van der Waals surface area contributed by atoms with E-state index in [4.69, 9.17) is 4.42 Å². The number of furan rings is 1.